The first kappa shape index (κ1) is 13.8. The van der Waals surface area contributed by atoms with Crippen molar-refractivity contribution in [1.82, 2.24) is 0 Å². The van der Waals surface area contributed by atoms with Crippen molar-refractivity contribution in [2.24, 2.45) is 0 Å². The van der Waals surface area contributed by atoms with Gasteiger partial charge in [0.05, 0.1) is 12.2 Å². The van der Waals surface area contributed by atoms with E-state index in [4.69, 9.17) is 9.84 Å². The summed E-state index contributed by atoms with van der Waals surface area (Å²) in [7, 11) is 0. The van der Waals surface area contributed by atoms with Crippen LogP contribution in [0.3, 0.4) is 0 Å². The van der Waals surface area contributed by atoms with Gasteiger partial charge in [0.2, 0.25) is 0 Å². The van der Waals surface area contributed by atoms with E-state index in [1.807, 2.05) is 6.92 Å². The van der Waals surface area contributed by atoms with Gasteiger partial charge in [-0.05, 0) is 26.0 Å². The van der Waals surface area contributed by atoms with E-state index in [1.54, 1.807) is 25.1 Å². The molecule has 18 heavy (non-hydrogen) atoms. The highest BCUT2D eigenvalue weighted by molar-refractivity contribution is 6.38. The summed E-state index contributed by atoms with van der Waals surface area (Å²) < 4.78 is 5.30. The van der Waals surface area contributed by atoms with Crippen LogP contribution in [0.25, 0.3) is 5.76 Å². The Morgan fingerprint density at radius 2 is 2.00 bits per heavy atom. The van der Waals surface area contributed by atoms with Crippen molar-refractivity contribution in [2.75, 3.05) is 6.61 Å². The van der Waals surface area contributed by atoms with Crippen LogP contribution in [-0.4, -0.2) is 28.6 Å². The summed E-state index contributed by atoms with van der Waals surface area (Å²) in [5.41, 5.74) is 1.16. The Morgan fingerprint density at radius 3 is 2.56 bits per heavy atom. The van der Waals surface area contributed by atoms with E-state index in [0.29, 0.717) is 24.0 Å². The van der Waals surface area contributed by atoms with Gasteiger partial charge in [-0.3, -0.25) is 4.79 Å². The Morgan fingerprint density at radius 1 is 1.33 bits per heavy atom. The zero-order valence-corrected chi connectivity index (χ0v) is 10.1. The third-order valence-corrected chi connectivity index (χ3v) is 2.19. The Kier molecular flexibility index (Phi) is 4.48. The Balaban J connectivity index is 3.18. The van der Waals surface area contributed by atoms with Gasteiger partial charge in [-0.25, -0.2) is 4.79 Å². The van der Waals surface area contributed by atoms with Gasteiger partial charge in [-0.2, -0.15) is 0 Å². The number of ketones is 1. The fraction of sp³-hybridized carbons (Fsp3) is 0.231. The fourth-order valence-corrected chi connectivity index (χ4v) is 1.39. The number of aryl methyl sites for hydroxylation is 1. The van der Waals surface area contributed by atoms with Crippen LogP contribution in [0.4, 0.5) is 0 Å². The molecule has 0 fully saturated rings. The van der Waals surface area contributed by atoms with Crippen molar-refractivity contribution >= 4 is 17.5 Å². The molecule has 0 amide bonds. The van der Waals surface area contributed by atoms with Gasteiger partial charge in [0, 0.05) is 6.08 Å². The van der Waals surface area contributed by atoms with Crippen LogP contribution < -0.4 is 4.74 Å². The molecule has 0 bridgehead atoms. The smallest absolute Gasteiger partial charge is 0.376 e. The highest BCUT2D eigenvalue weighted by atomic mass is 16.5. The summed E-state index contributed by atoms with van der Waals surface area (Å²) in [5, 5.41) is 18.2. The Labute approximate surface area is 104 Å². The summed E-state index contributed by atoms with van der Waals surface area (Å²) in [5.74, 6) is -2.83. The molecule has 5 nitrogen and oxygen atoms in total. The molecule has 1 aromatic carbocycles. The number of carbonyl (C=O) groups is 2. The molecule has 0 aliphatic rings. The van der Waals surface area contributed by atoms with Crippen LogP contribution in [0.5, 0.6) is 5.75 Å². The van der Waals surface area contributed by atoms with Crippen molar-refractivity contribution in [3.05, 3.63) is 35.4 Å². The number of hydrogen-bond acceptors (Lipinski definition) is 4. The quantitative estimate of drug-likeness (QED) is 0.474. The second-order valence-electron chi connectivity index (χ2n) is 3.63. The van der Waals surface area contributed by atoms with Crippen molar-refractivity contribution in [1.29, 1.82) is 0 Å². The molecule has 96 valence electrons. The number of carbonyl (C=O) groups excluding carboxylic acids is 1. The molecular weight excluding hydrogens is 236 g/mol. The number of aliphatic hydroxyl groups is 1. The van der Waals surface area contributed by atoms with Crippen LogP contribution in [0.2, 0.25) is 0 Å². The lowest BCUT2D eigenvalue weighted by molar-refractivity contribution is -0.146. The molecule has 5 heteroatoms. The summed E-state index contributed by atoms with van der Waals surface area (Å²) in [6, 6.07) is 5.07. The predicted molar refractivity (Wildman–Crippen MR) is 65.6 cm³/mol. The van der Waals surface area contributed by atoms with E-state index in [9.17, 15) is 14.7 Å². The minimum absolute atomic E-state index is 0.298. The molecule has 0 spiro atoms. The first-order chi connectivity index (χ1) is 8.45. The van der Waals surface area contributed by atoms with E-state index in [-0.39, 0.29) is 0 Å². The Bertz CT molecular complexity index is 502. The SMILES string of the molecule is CCOc1ccc(C)cc1/C(O)=C/C(=O)C(=O)O. The monoisotopic (exact) mass is 250 g/mol. The third kappa shape index (κ3) is 3.35. The van der Waals surface area contributed by atoms with Gasteiger partial charge in [-0.15, -0.1) is 0 Å². The number of carboxylic acids is 1. The molecule has 0 saturated carbocycles. The second-order valence-corrected chi connectivity index (χ2v) is 3.63. The van der Waals surface area contributed by atoms with Gasteiger partial charge in [0.25, 0.3) is 5.78 Å². The molecule has 0 aliphatic carbocycles. The lowest BCUT2D eigenvalue weighted by atomic mass is 10.1. The molecule has 0 radical (unpaired) electrons. The van der Waals surface area contributed by atoms with Gasteiger partial charge < -0.3 is 14.9 Å². The van der Waals surface area contributed by atoms with Gasteiger partial charge in [0.1, 0.15) is 11.5 Å². The average molecular weight is 250 g/mol. The first-order valence-corrected chi connectivity index (χ1v) is 5.37. The van der Waals surface area contributed by atoms with Crippen LogP contribution >= 0.6 is 0 Å². The summed E-state index contributed by atoms with van der Waals surface area (Å²) in [6.07, 6.45) is 0.666. The maximum Gasteiger partial charge on any atom is 0.376 e. The molecule has 1 aromatic rings. The predicted octanol–water partition coefficient (Wildman–Crippen LogP) is 1.95. The summed E-state index contributed by atoms with van der Waals surface area (Å²) in [6.45, 7) is 3.99. The number of ether oxygens (including phenoxy) is 1. The van der Waals surface area contributed by atoms with E-state index in [1.165, 1.54) is 0 Å². The van der Waals surface area contributed by atoms with Gasteiger partial charge in [-0.1, -0.05) is 11.6 Å². The van der Waals surface area contributed by atoms with Crippen molar-refractivity contribution in [2.45, 2.75) is 13.8 Å². The molecule has 0 aromatic heterocycles. The van der Waals surface area contributed by atoms with E-state index < -0.39 is 17.5 Å². The topological polar surface area (TPSA) is 83.8 Å². The molecule has 0 saturated heterocycles. The highest BCUT2D eigenvalue weighted by Gasteiger charge is 2.13. The minimum atomic E-state index is -1.62. The van der Waals surface area contributed by atoms with Crippen molar-refractivity contribution in [3.63, 3.8) is 0 Å². The van der Waals surface area contributed by atoms with Crippen LogP contribution in [0, 0.1) is 6.92 Å². The van der Waals surface area contributed by atoms with Crippen LogP contribution in [0.15, 0.2) is 24.3 Å². The molecule has 1 rings (SSSR count). The minimum Gasteiger partial charge on any atom is -0.507 e. The van der Waals surface area contributed by atoms with Crippen molar-refractivity contribution < 1.29 is 24.5 Å². The van der Waals surface area contributed by atoms with Crippen molar-refractivity contribution in [3.8, 4) is 5.75 Å². The largest absolute Gasteiger partial charge is 0.507 e. The maximum atomic E-state index is 11.0. The number of hydrogen-bond donors (Lipinski definition) is 2. The lowest BCUT2D eigenvalue weighted by Gasteiger charge is -2.10. The van der Waals surface area contributed by atoms with E-state index in [2.05, 4.69) is 0 Å². The molecule has 0 aliphatic heterocycles. The van der Waals surface area contributed by atoms with Crippen LogP contribution in [-0.2, 0) is 9.59 Å². The number of benzene rings is 1. The van der Waals surface area contributed by atoms with Gasteiger partial charge in [0.15, 0.2) is 0 Å². The first-order valence-electron chi connectivity index (χ1n) is 5.37. The molecule has 0 unspecified atom stereocenters. The van der Waals surface area contributed by atoms with Gasteiger partial charge >= 0.3 is 5.97 Å². The number of aliphatic carboxylic acids is 1. The van der Waals surface area contributed by atoms with E-state index >= 15 is 0 Å². The molecular formula is C13H14O5. The average Bonchev–Trinajstić information content (AvgIpc) is 2.31. The second kappa shape index (κ2) is 5.86. The number of carboxylic acid groups (broad SMARTS) is 1. The Hall–Kier alpha value is -2.30. The third-order valence-electron chi connectivity index (χ3n) is 2.19. The normalized spacial score (nSPS) is 11.1. The lowest BCUT2D eigenvalue weighted by Crippen LogP contribution is -2.09. The fourth-order valence-electron chi connectivity index (χ4n) is 1.39. The van der Waals surface area contributed by atoms with Crippen LogP contribution in [0.1, 0.15) is 18.1 Å². The number of aliphatic hydroxyl groups excluding tert-OH is 1. The zero-order chi connectivity index (χ0) is 13.7. The van der Waals surface area contributed by atoms with E-state index in [0.717, 1.165) is 5.56 Å². The zero-order valence-electron chi connectivity index (χ0n) is 10.1. The molecule has 0 atom stereocenters. The standard InChI is InChI=1S/C13H14O5/c1-3-18-12-5-4-8(2)6-9(12)10(14)7-11(15)13(16)17/h4-7,14H,3H2,1-2H3,(H,16,17)/b10-7-. The number of rotatable bonds is 5. The summed E-state index contributed by atoms with van der Waals surface area (Å²) in [4.78, 5) is 21.4. The molecule has 0 heterocycles. The molecule has 2 N–H and O–H groups in total. The maximum absolute atomic E-state index is 11.0. The highest BCUT2D eigenvalue weighted by Crippen LogP contribution is 2.25. The summed E-state index contributed by atoms with van der Waals surface area (Å²) >= 11 is 0.